The van der Waals surface area contributed by atoms with Gasteiger partial charge in [0.25, 0.3) is 0 Å². The third kappa shape index (κ3) is 5.41. The lowest BCUT2D eigenvalue weighted by Crippen LogP contribution is -2.40. The van der Waals surface area contributed by atoms with Crippen LogP contribution in [0.1, 0.15) is 49.3 Å². The third-order valence-electron chi connectivity index (χ3n) is 5.36. The lowest BCUT2D eigenvalue weighted by Gasteiger charge is -2.32. The van der Waals surface area contributed by atoms with Crippen LogP contribution in [0, 0.1) is 0 Å². The zero-order chi connectivity index (χ0) is 18.2. The summed E-state index contributed by atoms with van der Waals surface area (Å²) in [5.74, 6) is 0. The minimum atomic E-state index is -0.475. The molecule has 1 aliphatic carbocycles. The number of rotatable bonds is 8. The summed E-state index contributed by atoms with van der Waals surface area (Å²) < 4.78 is 6.19. The van der Waals surface area contributed by atoms with Gasteiger partial charge in [-0.1, -0.05) is 79.9 Å². The number of likely N-dealkylation sites (N-methyl/N-ethyl adjacent to an activating group) is 1. The van der Waals surface area contributed by atoms with Gasteiger partial charge in [0.05, 0.1) is 12.7 Å². The molecule has 3 heteroatoms. The summed E-state index contributed by atoms with van der Waals surface area (Å²) >= 11 is 0. The van der Waals surface area contributed by atoms with Crippen molar-refractivity contribution in [3.8, 4) is 0 Å². The van der Waals surface area contributed by atoms with Crippen LogP contribution in [-0.4, -0.2) is 42.4 Å². The molecule has 1 fully saturated rings. The van der Waals surface area contributed by atoms with Crippen molar-refractivity contribution in [2.75, 3.05) is 20.2 Å². The summed E-state index contributed by atoms with van der Waals surface area (Å²) in [5, 5.41) is 10.5. The third-order valence-corrected chi connectivity index (χ3v) is 5.36. The van der Waals surface area contributed by atoms with E-state index in [9.17, 15) is 5.11 Å². The Kier molecular flexibility index (Phi) is 7.24. The van der Waals surface area contributed by atoms with E-state index >= 15 is 0 Å². The molecule has 0 saturated heterocycles. The van der Waals surface area contributed by atoms with E-state index in [4.69, 9.17) is 4.74 Å². The maximum Gasteiger partial charge on any atom is 0.108 e. The summed E-state index contributed by atoms with van der Waals surface area (Å²) in [7, 11) is 2.13. The van der Waals surface area contributed by atoms with Crippen molar-refractivity contribution in [2.24, 2.45) is 0 Å². The van der Waals surface area contributed by atoms with Crippen molar-refractivity contribution in [3.05, 3.63) is 71.8 Å². The van der Waals surface area contributed by atoms with Crippen molar-refractivity contribution in [2.45, 2.75) is 50.4 Å². The Morgan fingerprint density at radius 2 is 1.46 bits per heavy atom. The maximum absolute atomic E-state index is 10.5. The number of ether oxygens (including phenoxy) is 1. The molecule has 0 heterocycles. The average molecular weight is 354 g/mol. The van der Waals surface area contributed by atoms with Gasteiger partial charge >= 0.3 is 0 Å². The van der Waals surface area contributed by atoms with Gasteiger partial charge in [-0.05, 0) is 31.0 Å². The molecule has 1 N–H and O–H groups in total. The van der Waals surface area contributed by atoms with Crippen LogP contribution in [0.3, 0.4) is 0 Å². The van der Waals surface area contributed by atoms with Crippen molar-refractivity contribution in [3.63, 3.8) is 0 Å². The molecular weight excluding hydrogens is 322 g/mol. The van der Waals surface area contributed by atoms with Crippen molar-refractivity contribution in [1.29, 1.82) is 0 Å². The highest BCUT2D eigenvalue weighted by Gasteiger charge is 2.21. The molecule has 0 aliphatic heterocycles. The quantitative estimate of drug-likeness (QED) is 0.763. The molecule has 2 aromatic rings. The van der Waals surface area contributed by atoms with Crippen LogP contribution < -0.4 is 0 Å². The minimum absolute atomic E-state index is 0.146. The van der Waals surface area contributed by atoms with E-state index in [1.165, 1.54) is 32.1 Å². The molecule has 3 nitrogen and oxygen atoms in total. The number of aliphatic hydroxyl groups is 1. The van der Waals surface area contributed by atoms with E-state index in [0.717, 1.165) is 11.1 Å². The maximum atomic E-state index is 10.5. The zero-order valence-electron chi connectivity index (χ0n) is 15.8. The molecular formula is C23H31NO2. The summed E-state index contributed by atoms with van der Waals surface area (Å²) in [5.41, 5.74) is 2.23. The highest BCUT2D eigenvalue weighted by atomic mass is 16.5. The van der Waals surface area contributed by atoms with Gasteiger partial charge in [-0.25, -0.2) is 0 Å². The van der Waals surface area contributed by atoms with Gasteiger partial charge in [-0.2, -0.15) is 0 Å². The number of hydrogen-bond acceptors (Lipinski definition) is 3. The molecule has 0 amide bonds. The van der Waals surface area contributed by atoms with Crippen LogP contribution in [0.2, 0.25) is 0 Å². The second-order valence-corrected chi connectivity index (χ2v) is 7.42. The second-order valence-electron chi connectivity index (χ2n) is 7.42. The minimum Gasteiger partial charge on any atom is -0.389 e. The van der Waals surface area contributed by atoms with Gasteiger partial charge in [0, 0.05) is 12.6 Å². The topological polar surface area (TPSA) is 32.7 Å². The van der Waals surface area contributed by atoms with Crippen LogP contribution >= 0.6 is 0 Å². The van der Waals surface area contributed by atoms with E-state index in [1.54, 1.807) is 0 Å². The van der Waals surface area contributed by atoms with Gasteiger partial charge in [-0.15, -0.1) is 0 Å². The van der Waals surface area contributed by atoms with Gasteiger partial charge in [0.1, 0.15) is 6.10 Å². The smallest absolute Gasteiger partial charge is 0.108 e. The predicted octanol–water partition coefficient (Wildman–Crippen LogP) is 4.42. The second kappa shape index (κ2) is 9.86. The lowest BCUT2D eigenvalue weighted by molar-refractivity contribution is -0.0121. The summed E-state index contributed by atoms with van der Waals surface area (Å²) in [6.45, 7) is 1.01. The Labute approximate surface area is 157 Å². The first-order chi connectivity index (χ1) is 12.7. The Bertz CT molecular complexity index is 586. The van der Waals surface area contributed by atoms with Gasteiger partial charge in [-0.3, -0.25) is 0 Å². The molecule has 1 aliphatic rings. The Hall–Kier alpha value is -1.68. The molecule has 0 unspecified atom stereocenters. The van der Waals surface area contributed by atoms with Gasteiger partial charge < -0.3 is 14.7 Å². The molecule has 1 saturated carbocycles. The first-order valence-corrected chi connectivity index (χ1v) is 9.84. The van der Waals surface area contributed by atoms with E-state index in [0.29, 0.717) is 19.2 Å². The Morgan fingerprint density at radius 1 is 0.923 bits per heavy atom. The van der Waals surface area contributed by atoms with Crippen molar-refractivity contribution < 1.29 is 9.84 Å². The standard InChI is InChI=1S/C23H31NO2/c1-24(21-15-9-4-10-16-21)17-22(25)18-26-23(19-11-5-2-6-12-19)20-13-7-3-8-14-20/h2-3,5-8,11-14,21-23,25H,4,9-10,15-18H2,1H3/t22-/m1/s1. The molecule has 0 radical (unpaired) electrons. The van der Waals surface area contributed by atoms with E-state index in [-0.39, 0.29) is 6.10 Å². The number of hydrogen-bond donors (Lipinski definition) is 1. The molecule has 3 rings (SSSR count). The Morgan fingerprint density at radius 3 is 2.00 bits per heavy atom. The first-order valence-electron chi connectivity index (χ1n) is 9.84. The zero-order valence-corrected chi connectivity index (χ0v) is 15.8. The monoisotopic (exact) mass is 353 g/mol. The lowest BCUT2D eigenvalue weighted by atomic mass is 9.94. The summed E-state index contributed by atoms with van der Waals surface area (Å²) in [4.78, 5) is 2.31. The van der Waals surface area contributed by atoms with Crippen LogP contribution in [0.4, 0.5) is 0 Å². The largest absolute Gasteiger partial charge is 0.389 e. The predicted molar refractivity (Wildman–Crippen MR) is 106 cm³/mol. The SMILES string of the molecule is CN(C[C@@H](O)COC(c1ccccc1)c1ccccc1)C1CCCCC1. The van der Waals surface area contributed by atoms with Crippen LogP contribution in [0.15, 0.2) is 60.7 Å². The van der Waals surface area contributed by atoms with Crippen LogP contribution in [0.5, 0.6) is 0 Å². The van der Waals surface area contributed by atoms with Crippen LogP contribution in [0.25, 0.3) is 0 Å². The molecule has 140 valence electrons. The summed E-state index contributed by atoms with van der Waals surface area (Å²) in [6, 6.07) is 21.1. The average Bonchev–Trinajstić information content (AvgIpc) is 2.70. The normalized spacial score (nSPS) is 16.9. The molecule has 0 spiro atoms. The van der Waals surface area contributed by atoms with Gasteiger partial charge in [0.15, 0.2) is 0 Å². The molecule has 2 aromatic carbocycles. The fraction of sp³-hybridized carbons (Fsp3) is 0.478. The van der Waals surface area contributed by atoms with E-state index in [2.05, 4.69) is 36.2 Å². The number of nitrogens with zero attached hydrogens (tertiary/aromatic N) is 1. The Balaban J connectivity index is 1.59. The number of aliphatic hydroxyl groups excluding tert-OH is 1. The highest BCUT2D eigenvalue weighted by molar-refractivity contribution is 5.29. The molecule has 0 aromatic heterocycles. The molecule has 0 bridgehead atoms. The molecule has 26 heavy (non-hydrogen) atoms. The van der Waals surface area contributed by atoms with Gasteiger partial charge in [0.2, 0.25) is 0 Å². The number of benzene rings is 2. The van der Waals surface area contributed by atoms with Crippen LogP contribution in [-0.2, 0) is 4.74 Å². The van der Waals surface area contributed by atoms with E-state index in [1.807, 2.05) is 36.4 Å². The fourth-order valence-corrected chi connectivity index (χ4v) is 3.90. The fourth-order valence-electron chi connectivity index (χ4n) is 3.90. The molecule has 1 atom stereocenters. The van der Waals surface area contributed by atoms with Crippen molar-refractivity contribution >= 4 is 0 Å². The van der Waals surface area contributed by atoms with E-state index < -0.39 is 6.10 Å². The summed E-state index contributed by atoms with van der Waals surface area (Å²) in [6.07, 6.45) is 5.86. The first kappa shape index (κ1) is 19.1. The highest BCUT2D eigenvalue weighted by Crippen LogP contribution is 2.26. The van der Waals surface area contributed by atoms with Crippen molar-refractivity contribution in [1.82, 2.24) is 4.90 Å².